The monoisotopic (exact) mass is 257 g/mol. The summed E-state index contributed by atoms with van der Waals surface area (Å²) in [6.45, 7) is 6.46. The van der Waals surface area contributed by atoms with Gasteiger partial charge in [0, 0.05) is 6.04 Å². The molecule has 0 amide bonds. The predicted molar refractivity (Wildman–Crippen MR) is 81.5 cm³/mol. The van der Waals surface area contributed by atoms with Crippen LogP contribution >= 0.6 is 0 Å². The van der Waals surface area contributed by atoms with Crippen LogP contribution in [0.1, 0.15) is 45.2 Å². The Kier molecular flexibility index (Phi) is 4.72. The minimum atomic E-state index is 0.445. The molecule has 0 fully saturated rings. The largest absolute Gasteiger partial charge is 0.366 e. The lowest BCUT2D eigenvalue weighted by atomic mass is 10.1. The van der Waals surface area contributed by atoms with Crippen LogP contribution in [0.25, 0.3) is 11.0 Å². The lowest BCUT2D eigenvalue weighted by Crippen LogP contribution is -2.17. The van der Waals surface area contributed by atoms with Gasteiger partial charge >= 0.3 is 0 Å². The number of benzene rings is 1. The molecular formula is C16H23N3. The van der Waals surface area contributed by atoms with Gasteiger partial charge in [0.25, 0.3) is 0 Å². The van der Waals surface area contributed by atoms with Crippen molar-refractivity contribution in [1.29, 1.82) is 0 Å². The van der Waals surface area contributed by atoms with Gasteiger partial charge in [-0.15, -0.1) is 0 Å². The van der Waals surface area contributed by atoms with Crippen LogP contribution in [0, 0.1) is 6.92 Å². The summed E-state index contributed by atoms with van der Waals surface area (Å²) in [5, 5.41) is 3.49. The molecule has 1 atom stereocenters. The van der Waals surface area contributed by atoms with Gasteiger partial charge in [-0.25, -0.2) is 9.97 Å². The molecule has 0 aliphatic carbocycles. The Hall–Kier alpha value is -1.64. The number of hydrogen-bond acceptors (Lipinski definition) is 3. The zero-order valence-corrected chi connectivity index (χ0v) is 12.1. The number of fused-ring (bicyclic) bond motifs is 1. The molecule has 1 unspecified atom stereocenters. The van der Waals surface area contributed by atoms with Gasteiger partial charge in [0.2, 0.25) is 0 Å². The SMILES string of the molecule is CCCCCC(C)Nc1nc2ccccc2nc1C. The summed E-state index contributed by atoms with van der Waals surface area (Å²) in [4.78, 5) is 9.27. The minimum Gasteiger partial charge on any atom is -0.366 e. The highest BCUT2D eigenvalue weighted by atomic mass is 15.0. The van der Waals surface area contributed by atoms with Crippen LogP contribution < -0.4 is 5.32 Å². The third kappa shape index (κ3) is 3.66. The molecule has 0 saturated heterocycles. The molecule has 2 rings (SSSR count). The van der Waals surface area contributed by atoms with Gasteiger partial charge in [-0.05, 0) is 32.4 Å². The number of rotatable bonds is 6. The number of aromatic nitrogens is 2. The molecule has 102 valence electrons. The Labute approximate surface area is 115 Å². The van der Waals surface area contributed by atoms with E-state index in [0.29, 0.717) is 6.04 Å². The van der Waals surface area contributed by atoms with E-state index in [4.69, 9.17) is 0 Å². The number of para-hydroxylation sites is 2. The smallest absolute Gasteiger partial charge is 0.148 e. The van der Waals surface area contributed by atoms with Crippen LogP contribution in [0.5, 0.6) is 0 Å². The quantitative estimate of drug-likeness (QED) is 0.783. The maximum atomic E-state index is 4.67. The van der Waals surface area contributed by atoms with Gasteiger partial charge in [0.1, 0.15) is 5.82 Å². The molecule has 0 saturated carbocycles. The second-order valence-corrected chi connectivity index (χ2v) is 5.19. The Morgan fingerprint density at radius 2 is 1.79 bits per heavy atom. The average Bonchev–Trinajstić information content (AvgIpc) is 2.40. The molecule has 1 aromatic heterocycles. The third-order valence-corrected chi connectivity index (χ3v) is 3.37. The molecule has 19 heavy (non-hydrogen) atoms. The molecule has 0 aliphatic heterocycles. The molecule has 1 heterocycles. The fourth-order valence-corrected chi connectivity index (χ4v) is 2.23. The van der Waals surface area contributed by atoms with Crippen molar-refractivity contribution in [2.45, 2.75) is 52.5 Å². The van der Waals surface area contributed by atoms with E-state index in [9.17, 15) is 0 Å². The molecular weight excluding hydrogens is 234 g/mol. The predicted octanol–water partition coefficient (Wildman–Crippen LogP) is 4.32. The summed E-state index contributed by atoms with van der Waals surface area (Å²) in [5.41, 5.74) is 2.89. The van der Waals surface area contributed by atoms with Crippen LogP contribution in [0.3, 0.4) is 0 Å². The van der Waals surface area contributed by atoms with Crippen LogP contribution in [0.4, 0.5) is 5.82 Å². The fraction of sp³-hybridized carbons (Fsp3) is 0.500. The highest BCUT2D eigenvalue weighted by Crippen LogP contribution is 2.17. The van der Waals surface area contributed by atoms with E-state index >= 15 is 0 Å². The summed E-state index contributed by atoms with van der Waals surface area (Å²) >= 11 is 0. The van der Waals surface area contributed by atoms with Gasteiger partial charge in [0.15, 0.2) is 0 Å². The summed E-state index contributed by atoms with van der Waals surface area (Å²) in [5.74, 6) is 0.919. The van der Waals surface area contributed by atoms with E-state index in [2.05, 4.69) is 29.1 Å². The Morgan fingerprint density at radius 3 is 2.47 bits per heavy atom. The Bertz CT molecular complexity index is 537. The zero-order chi connectivity index (χ0) is 13.7. The first-order valence-corrected chi connectivity index (χ1v) is 7.20. The first-order chi connectivity index (χ1) is 9.20. The van der Waals surface area contributed by atoms with Crippen molar-refractivity contribution in [3.8, 4) is 0 Å². The number of nitrogens with zero attached hydrogens (tertiary/aromatic N) is 2. The van der Waals surface area contributed by atoms with E-state index in [1.807, 2.05) is 31.2 Å². The van der Waals surface area contributed by atoms with Gasteiger partial charge in [-0.2, -0.15) is 0 Å². The van der Waals surface area contributed by atoms with Crippen molar-refractivity contribution in [3.63, 3.8) is 0 Å². The summed E-state index contributed by atoms with van der Waals surface area (Å²) in [7, 11) is 0. The molecule has 0 spiro atoms. The zero-order valence-electron chi connectivity index (χ0n) is 12.1. The Morgan fingerprint density at radius 1 is 1.11 bits per heavy atom. The van der Waals surface area contributed by atoms with Gasteiger partial charge in [-0.1, -0.05) is 38.3 Å². The molecule has 0 aliphatic rings. The van der Waals surface area contributed by atoms with Gasteiger partial charge in [-0.3, -0.25) is 0 Å². The molecule has 0 bridgehead atoms. The fourth-order valence-electron chi connectivity index (χ4n) is 2.23. The van der Waals surface area contributed by atoms with E-state index < -0.39 is 0 Å². The van der Waals surface area contributed by atoms with Crippen molar-refractivity contribution < 1.29 is 0 Å². The number of aryl methyl sites for hydroxylation is 1. The lowest BCUT2D eigenvalue weighted by molar-refractivity contribution is 0.613. The van der Waals surface area contributed by atoms with E-state index in [1.54, 1.807) is 0 Å². The standard InChI is InChI=1S/C16H23N3/c1-4-5-6-9-12(2)17-16-13(3)18-14-10-7-8-11-15(14)19-16/h7-8,10-12H,4-6,9H2,1-3H3,(H,17,19). The van der Waals surface area contributed by atoms with Crippen LogP contribution in [-0.4, -0.2) is 16.0 Å². The molecule has 3 heteroatoms. The number of nitrogens with one attached hydrogen (secondary N) is 1. The Balaban J connectivity index is 2.09. The van der Waals surface area contributed by atoms with Crippen molar-refractivity contribution in [2.75, 3.05) is 5.32 Å². The van der Waals surface area contributed by atoms with Gasteiger partial charge in [0.05, 0.1) is 16.7 Å². The number of unbranched alkanes of at least 4 members (excludes halogenated alkanes) is 2. The van der Waals surface area contributed by atoms with E-state index in [1.165, 1.54) is 25.7 Å². The van der Waals surface area contributed by atoms with Crippen LogP contribution in [-0.2, 0) is 0 Å². The van der Waals surface area contributed by atoms with Crippen molar-refractivity contribution >= 4 is 16.9 Å². The topological polar surface area (TPSA) is 37.8 Å². The minimum absolute atomic E-state index is 0.445. The summed E-state index contributed by atoms with van der Waals surface area (Å²) in [6, 6.07) is 8.46. The third-order valence-electron chi connectivity index (χ3n) is 3.37. The molecule has 0 radical (unpaired) electrons. The lowest BCUT2D eigenvalue weighted by Gasteiger charge is -2.16. The van der Waals surface area contributed by atoms with Crippen molar-refractivity contribution in [1.82, 2.24) is 9.97 Å². The maximum Gasteiger partial charge on any atom is 0.148 e. The molecule has 2 aromatic rings. The second-order valence-electron chi connectivity index (χ2n) is 5.19. The molecule has 1 N–H and O–H groups in total. The normalized spacial score (nSPS) is 12.6. The highest BCUT2D eigenvalue weighted by molar-refractivity contribution is 5.76. The molecule has 1 aromatic carbocycles. The number of hydrogen-bond donors (Lipinski definition) is 1. The van der Waals surface area contributed by atoms with Crippen LogP contribution in [0.2, 0.25) is 0 Å². The van der Waals surface area contributed by atoms with Crippen molar-refractivity contribution in [3.05, 3.63) is 30.0 Å². The van der Waals surface area contributed by atoms with Crippen molar-refractivity contribution in [2.24, 2.45) is 0 Å². The second kappa shape index (κ2) is 6.50. The first-order valence-electron chi connectivity index (χ1n) is 7.20. The van der Waals surface area contributed by atoms with Crippen LogP contribution in [0.15, 0.2) is 24.3 Å². The van der Waals surface area contributed by atoms with Gasteiger partial charge < -0.3 is 5.32 Å². The summed E-state index contributed by atoms with van der Waals surface area (Å²) in [6.07, 6.45) is 5.02. The maximum absolute atomic E-state index is 4.67. The summed E-state index contributed by atoms with van der Waals surface area (Å²) < 4.78 is 0. The number of anilines is 1. The molecule has 3 nitrogen and oxygen atoms in total. The highest BCUT2D eigenvalue weighted by Gasteiger charge is 2.08. The van der Waals surface area contributed by atoms with E-state index in [-0.39, 0.29) is 0 Å². The van der Waals surface area contributed by atoms with E-state index in [0.717, 1.165) is 22.5 Å². The first kappa shape index (κ1) is 13.8. The average molecular weight is 257 g/mol.